The first-order valence-electron chi connectivity index (χ1n) is 7.48. The van der Waals surface area contributed by atoms with Gasteiger partial charge in [0.2, 0.25) is 0 Å². The number of hydrogen-bond acceptors (Lipinski definition) is 5. The van der Waals surface area contributed by atoms with E-state index in [0.29, 0.717) is 10.4 Å². The standard InChI is InChI=1S/C17H16N4O2S/c1-12(10-15(22)16-6-3-9-24-16)19-17(23)13-4-2-5-14(11-13)21-8-7-18-20-21/h2-9,11-12H,10H2,1H3,(H,19,23). The largest absolute Gasteiger partial charge is 0.349 e. The number of benzene rings is 1. The minimum Gasteiger partial charge on any atom is -0.349 e. The Hall–Kier alpha value is -2.80. The molecule has 0 aliphatic heterocycles. The van der Waals surface area contributed by atoms with Crippen LogP contribution in [0.4, 0.5) is 0 Å². The summed E-state index contributed by atoms with van der Waals surface area (Å²) in [4.78, 5) is 25.2. The number of carbonyl (C=O) groups excluding carboxylic acids is 2. The van der Waals surface area contributed by atoms with Crippen molar-refractivity contribution >= 4 is 23.0 Å². The molecule has 1 atom stereocenters. The van der Waals surface area contributed by atoms with Crippen molar-refractivity contribution in [1.29, 1.82) is 0 Å². The predicted octanol–water partition coefficient (Wildman–Crippen LogP) is 2.72. The van der Waals surface area contributed by atoms with E-state index in [1.807, 2.05) is 24.4 Å². The van der Waals surface area contributed by atoms with Crippen molar-refractivity contribution in [3.63, 3.8) is 0 Å². The third-order valence-corrected chi connectivity index (χ3v) is 4.37. The van der Waals surface area contributed by atoms with Gasteiger partial charge in [-0.05, 0) is 36.6 Å². The van der Waals surface area contributed by atoms with Gasteiger partial charge < -0.3 is 5.32 Å². The van der Waals surface area contributed by atoms with Crippen LogP contribution in [0.25, 0.3) is 5.69 Å². The summed E-state index contributed by atoms with van der Waals surface area (Å²) in [6.45, 7) is 1.82. The van der Waals surface area contributed by atoms with Crippen molar-refractivity contribution in [2.45, 2.75) is 19.4 Å². The van der Waals surface area contributed by atoms with E-state index < -0.39 is 0 Å². The molecule has 0 fully saturated rings. The summed E-state index contributed by atoms with van der Waals surface area (Å²) in [7, 11) is 0. The Morgan fingerprint density at radius 2 is 2.17 bits per heavy atom. The molecule has 0 spiro atoms. The number of aromatic nitrogens is 3. The monoisotopic (exact) mass is 340 g/mol. The highest BCUT2D eigenvalue weighted by Gasteiger charge is 2.15. The van der Waals surface area contributed by atoms with Crippen molar-refractivity contribution < 1.29 is 9.59 Å². The topological polar surface area (TPSA) is 76.9 Å². The van der Waals surface area contributed by atoms with Gasteiger partial charge in [0.1, 0.15) is 0 Å². The maximum Gasteiger partial charge on any atom is 0.251 e. The van der Waals surface area contributed by atoms with Gasteiger partial charge in [-0.25, -0.2) is 4.68 Å². The van der Waals surface area contributed by atoms with E-state index in [9.17, 15) is 9.59 Å². The maximum absolute atomic E-state index is 12.4. The zero-order valence-corrected chi connectivity index (χ0v) is 13.9. The first kappa shape index (κ1) is 16.1. The number of thiophene rings is 1. The summed E-state index contributed by atoms with van der Waals surface area (Å²) >= 11 is 1.41. The van der Waals surface area contributed by atoms with Gasteiger partial charge in [-0.1, -0.05) is 17.3 Å². The Balaban J connectivity index is 1.64. The number of nitrogens with one attached hydrogen (secondary N) is 1. The summed E-state index contributed by atoms with van der Waals surface area (Å²) in [6.07, 6.45) is 3.55. The van der Waals surface area contributed by atoms with Crippen LogP contribution in [0.1, 0.15) is 33.4 Å². The van der Waals surface area contributed by atoms with Crippen molar-refractivity contribution in [2.24, 2.45) is 0 Å². The first-order valence-corrected chi connectivity index (χ1v) is 8.36. The molecule has 24 heavy (non-hydrogen) atoms. The second-order valence-electron chi connectivity index (χ2n) is 5.38. The summed E-state index contributed by atoms with van der Waals surface area (Å²) in [5, 5.41) is 12.4. The number of carbonyl (C=O) groups is 2. The second-order valence-corrected chi connectivity index (χ2v) is 6.32. The fourth-order valence-electron chi connectivity index (χ4n) is 2.31. The third kappa shape index (κ3) is 3.75. The van der Waals surface area contributed by atoms with Gasteiger partial charge in [0.25, 0.3) is 5.91 Å². The van der Waals surface area contributed by atoms with Gasteiger partial charge in [0, 0.05) is 18.0 Å². The van der Waals surface area contributed by atoms with Gasteiger partial charge in [0.15, 0.2) is 5.78 Å². The lowest BCUT2D eigenvalue weighted by atomic mass is 10.1. The highest BCUT2D eigenvalue weighted by molar-refractivity contribution is 7.12. The van der Waals surface area contributed by atoms with Crippen LogP contribution in [-0.4, -0.2) is 32.7 Å². The molecule has 2 aromatic heterocycles. The lowest BCUT2D eigenvalue weighted by Gasteiger charge is -2.13. The molecule has 6 nitrogen and oxygen atoms in total. The van der Waals surface area contributed by atoms with E-state index in [2.05, 4.69) is 15.6 Å². The van der Waals surface area contributed by atoms with Crippen LogP contribution in [0.3, 0.4) is 0 Å². The van der Waals surface area contributed by atoms with Gasteiger partial charge in [-0.15, -0.1) is 16.4 Å². The Morgan fingerprint density at radius 1 is 1.29 bits per heavy atom. The summed E-state index contributed by atoms with van der Waals surface area (Å²) in [6, 6.07) is 10.5. The zero-order valence-electron chi connectivity index (χ0n) is 13.0. The Labute approximate surface area is 143 Å². The quantitative estimate of drug-likeness (QED) is 0.700. The van der Waals surface area contributed by atoms with E-state index in [1.54, 1.807) is 41.3 Å². The molecule has 0 aliphatic carbocycles. The summed E-state index contributed by atoms with van der Waals surface area (Å²) in [5.74, 6) is -0.183. The Kier molecular flexibility index (Phi) is 4.81. The maximum atomic E-state index is 12.4. The SMILES string of the molecule is CC(CC(=O)c1cccs1)NC(=O)c1cccc(-n2ccnn2)c1. The van der Waals surface area contributed by atoms with E-state index in [1.165, 1.54) is 11.3 Å². The minimum atomic E-state index is -0.248. The van der Waals surface area contributed by atoms with E-state index in [-0.39, 0.29) is 24.2 Å². The molecule has 0 saturated heterocycles. The highest BCUT2D eigenvalue weighted by atomic mass is 32.1. The van der Waals surface area contributed by atoms with Crippen molar-refractivity contribution in [3.05, 3.63) is 64.6 Å². The molecular formula is C17H16N4O2S. The molecule has 0 aliphatic rings. The Bertz CT molecular complexity index is 828. The van der Waals surface area contributed by atoms with Crippen molar-refractivity contribution in [2.75, 3.05) is 0 Å². The zero-order chi connectivity index (χ0) is 16.9. The van der Waals surface area contributed by atoms with Crippen molar-refractivity contribution in [1.82, 2.24) is 20.3 Å². The predicted molar refractivity (Wildman–Crippen MR) is 91.6 cm³/mol. The van der Waals surface area contributed by atoms with Crippen LogP contribution < -0.4 is 5.32 Å². The van der Waals surface area contributed by atoms with E-state index in [0.717, 1.165) is 5.69 Å². The number of amides is 1. The normalized spacial score (nSPS) is 11.9. The molecule has 7 heteroatoms. The fourth-order valence-corrected chi connectivity index (χ4v) is 2.99. The number of Topliss-reactive ketones (excluding diaryl/α,β-unsaturated/α-hetero) is 1. The first-order chi connectivity index (χ1) is 11.6. The van der Waals surface area contributed by atoms with Gasteiger partial charge >= 0.3 is 0 Å². The number of ketones is 1. The van der Waals surface area contributed by atoms with Crippen LogP contribution in [0.5, 0.6) is 0 Å². The summed E-state index contributed by atoms with van der Waals surface area (Å²) < 4.78 is 1.58. The second kappa shape index (κ2) is 7.18. The number of rotatable bonds is 6. The molecule has 3 aromatic rings. The lowest BCUT2D eigenvalue weighted by molar-refractivity contribution is 0.0919. The molecule has 1 N–H and O–H groups in total. The minimum absolute atomic E-state index is 0.0363. The fraction of sp³-hybridized carbons (Fsp3) is 0.176. The van der Waals surface area contributed by atoms with Gasteiger partial charge in [0.05, 0.1) is 23.0 Å². The molecule has 1 amide bonds. The van der Waals surface area contributed by atoms with Gasteiger partial charge in [-0.2, -0.15) is 0 Å². The van der Waals surface area contributed by atoms with Crippen LogP contribution in [0.2, 0.25) is 0 Å². The molecule has 122 valence electrons. The lowest BCUT2D eigenvalue weighted by Crippen LogP contribution is -2.34. The number of hydrogen-bond donors (Lipinski definition) is 1. The van der Waals surface area contributed by atoms with Crippen LogP contribution in [0, 0.1) is 0 Å². The molecule has 0 bridgehead atoms. The molecule has 2 heterocycles. The van der Waals surface area contributed by atoms with Gasteiger partial charge in [-0.3, -0.25) is 9.59 Å². The number of nitrogens with zero attached hydrogens (tertiary/aromatic N) is 3. The molecular weight excluding hydrogens is 324 g/mol. The molecule has 3 rings (SSSR count). The van der Waals surface area contributed by atoms with Crippen LogP contribution in [0.15, 0.2) is 54.2 Å². The average molecular weight is 340 g/mol. The van der Waals surface area contributed by atoms with E-state index in [4.69, 9.17) is 0 Å². The Morgan fingerprint density at radius 3 is 2.88 bits per heavy atom. The molecule has 1 unspecified atom stereocenters. The molecule has 0 radical (unpaired) electrons. The smallest absolute Gasteiger partial charge is 0.251 e. The third-order valence-electron chi connectivity index (χ3n) is 3.46. The highest BCUT2D eigenvalue weighted by Crippen LogP contribution is 2.13. The van der Waals surface area contributed by atoms with Crippen LogP contribution >= 0.6 is 11.3 Å². The van der Waals surface area contributed by atoms with Crippen molar-refractivity contribution in [3.8, 4) is 5.69 Å². The molecule has 0 saturated carbocycles. The summed E-state index contributed by atoms with van der Waals surface area (Å²) in [5.41, 5.74) is 1.26. The average Bonchev–Trinajstić information content (AvgIpc) is 3.28. The van der Waals surface area contributed by atoms with E-state index >= 15 is 0 Å². The molecule has 1 aromatic carbocycles. The van der Waals surface area contributed by atoms with Crippen LogP contribution in [-0.2, 0) is 0 Å².